The van der Waals surface area contributed by atoms with Crippen molar-refractivity contribution < 1.29 is 15.3 Å². The van der Waals surface area contributed by atoms with Gasteiger partial charge in [-0.05, 0) is 48.3 Å². The molecule has 3 aliphatic carbocycles. The van der Waals surface area contributed by atoms with E-state index in [-0.39, 0.29) is 12.3 Å². The van der Waals surface area contributed by atoms with Gasteiger partial charge in [0.05, 0.1) is 6.10 Å². The first kappa shape index (κ1) is 16.5. The molecule has 0 saturated heterocycles. The van der Waals surface area contributed by atoms with Crippen LogP contribution in [0.2, 0.25) is 0 Å². The summed E-state index contributed by atoms with van der Waals surface area (Å²) in [5.74, 6) is -0.0219. The van der Waals surface area contributed by atoms with Crippen LogP contribution < -0.4 is 0 Å². The number of hydrogen-bond donors (Lipinski definition) is 3. The van der Waals surface area contributed by atoms with Crippen molar-refractivity contribution in [3.63, 3.8) is 0 Å². The second-order valence-corrected chi connectivity index (χ2v) is 8.60. The molecule has 2 saturated carbocycles. The molecule has 2 fully saturated rings. The summed E-state index contributed by atoms with van der Waals surface area (Å²) in [6.45, 7) is 9.32. The van der Waals surface area contributed by atoms with Crippen LogP contribution in [0.3, 0.4) is 0 Å². The van der Waals surface area contributed by atoms with Crippen molar-refractivity contribution in [1.82, 2.24) is 0 Å². The van der Waals surface area contributed by atoms with Gasteiger partial charge in [0, 0.05) is 12.3 Å². The molecular formula is C19H32O3. The van der Waals surface area contributed by atoms with E-state index >= 15 is 0 Å². The molecule has 0 heterocycles. The molecular weight excluding hydrogens is 276 g/mol. The Balaban J connectivity index is 1.99. The monoisotopic (exact) mass is 308 g/mol. The maximum atomic E-state index is 10.6. The molecule has 0 aromatic heterocycles. The van der Waals surface area contributed by atoms with E-state index in [1.54, 1.807) is 0 Å². The SMILES string of the molecule is CC[C@@]1(C)CC[C@H]2[C@@H]([C@H](C)C=C3C[C@@H](O)CC(O)(O)[C@@H]32)[C@@H]1C. The predicted octanol–water partition coefficient (Wildman–Crippen LogP) is 3.09. The number of allylic oxidation sites excluding steroid dienone is 1. The highest BCUT2D eigenvalue weighted by molar-refractivity contribution is 5.24. The second kappa shape index (κ2) is 5.32. The van der Waals surface area contributed by atoms with Crippen LogP contribution >= 0.6 is 0 Å². The van der Waals surface area contributed by atoms with Crippen molar-refractivity contribution in [2.24, 2.45) is 35.0 Å². The largest absolute Gasteiger partial charge is 0.393 e. The normalized spacial score (nSPS) is 50.8. The lowest BCUT2D eigenvalue weighted by Crippen LogP contribution is -2.56. The average Bonchev–Trinajstić information content (AvgIpc) is 2.40. The quantitative estimate of drug-likeness (QED) is 0.515. The third-order valence-corrected chi connectivity index (χ3v) is 7.44. The Morgan fingerprint density at radius 3 is 2.59 bits per heavy atom. The zero-order valence-corrected chi connectivity index (χ0v) is 14.4. The van der Waals surface area contributed by atoms with Gasteiger partial charge in [0.2, 0.25) is 0 Å². The topological polar surface area (TPSA) is 60.7 Å². The average molecular weight is 308 g/mol. The summed E-state index contributed by atoms with van der Waals surface area (Å²) in [6.07, 6.45) is 5.75. The standard InChI is InChI=1S/C19H32O3/c1-5-18(4)7-6-15-16(12(18)3)11(2)8-13-9-14(20)10-19(21,22)17(13)15/h8,11-12,14-17,20-22H,5-7,9-10H2,1-4H3/t11-,12+,14-,15+,16+,17+,18+/m1/s1. The summed E-state index contributed by atoms with van der Waals surface area (Å²) < 4.78 is 0. The van der Waals surface area contributed by atoms with E-state index in [1.807, 2.05) is 0 Å². The molecule has 126 valence electrons. The number of fused-ring (bicyclic) bond motifs is 3. The number of aliphatic hydroxyl groups is 3. The Kier molecular flexibility index (Phi) is 3.99. The molecule has 7 atom stereocenters. The summed E-state index contributed by atoms with van der Waals surface area (Å²) in [7, 11) is 0. The molecule has 0 amide bonds. The maximum Gasteiger partial charge on any atom is 0.171 e. The summed E-state index contributed by atoms with van der Waals surface area (Å²) in [5, 5.41) is 31.2. The van der Waals surface area contributed by atoms with E-state index in [9.17, 15) is 15.3 Å². The third kappa shape index (κ3) is 2.37. The fourth-order valence-corrected chi connectivity index (χ4v) is 5.97. The van der Waals surface area contributed by atoms with Crippen molar-refractivity contribution in [1.29, 1.82) is 0 Å². The molecule has 0 aliphatic heterocycles. The minimum atomic E-state index is -1.74. The number of aliphatic hydroxyl groups excluding tert-OH is 1. The van der Waals surface area contributed by atoms with Crippen LogP contribution in [-0.4, -0.2) is 27.2 Å². The molecule has 0 aromatic rings. The third-order valence-electron chi connectivity index (χ3n) is 7.44. The fourth-order valence-electron chi connectivity index (χ4n) is 5.97. The molecule has 0 unspecified atom stereocenters. The zero-order valence-electron chi connectivity index (χ0n) is 14.4. The van der Waals surface area contributed by atoms with Crippen LogP contribution in [-0.2, 0) is 0 Å². The van der Waals surface area contributed by atoms with Gasteiger partial charge in [-0.25, -0.2) is 0 Å². The molecule has 3 N–H and O–H groups in total. The van der Waals surface area contributed by atoms with E-state index in [0.29, 0.717) is 35.5 Å². The second-order valence-electron chi connectivity index (χ2n) is 8.60. The van der Waals surface area contributed by atoms with Crippen molar-refractivity contribution >= 4 is 0 Å². The Bertz CT molecular complexity index is 469. The smallest absolute Gasteiger partial charge is 0.171 e. The Morgan fingerprint density at radius 2 is 1.95 bits per heavy atom. The maximum absolute atomic E-state index is 10.6. The van der Waals surface area contributed by atoms with Crippen molar-refractivity contribution in [2.45, 2.75) is 71.7 Å². The van der Waals surface area contributed by atoms with Crippen molar-refractivity contribution in [3.8, 4) is 0 Å². The van der Waals surface area contributed by atoms with Crippen LogP contribution in [0.5, 0.6) is 0 Å². The molecule has 3 nitrogen and oxygen atoms in total. The van der Waals surface area contributed by atoms with Crippen LogP contribution in [0.1, 0.15) is 59.8 Å². The van der Waals surface area contributed by atoms with Crippen LogP contribution in [0.25, 0.3) is 0 Å². The van der Waals surface area contributed by atoms with Gasteiger partial charge in [0.1, 0.15) is 0 Å². The summed E-state index contributed by atoms with van der Waals surface area (Å²) in [5.41, 5.74) is 1.45. The highest BCUT2D eigenvalue weighted by Gasteiger charge is 2.56. The van der Waals surface area contributed by atoms with Gasteiger partial charge in [-0.3, -0.25) is 0 Å². The van der Waals surface area contributed by atoms with Crippen LogP contribution in [0, 0.1) is 35.0 Å². The van der Waals surface area contributed by atoms with E-state index < -0.39 is 11.9 Å². The van der Waals surface area contributed by atoms with Gasteiger partial charge in [0.15, 0.2) is 5.79 Å². The lowest BCUT2D eigenvalue weighted by molar-refractivity contribution is -0.243. The molecule has 3 rings (SSSR count). The molecule has 0 spiro atoms. The van der Waals surface area contributed by atoms with Gasteiger partial charge in [-0.2, -0.15) is 0 Å². The van der Waals surface area contributed by atoms with Crippen LogP contribution in [0.4, 0.5) is 0 Å². The van der Waals surface area contributed by atoms with E-state index in [0.717, 1.165) is 12.0 Å². The minimum Gasteiger partial charge on any atom is -0.393 e. The summed E-state index contributed by atoms with van der Waals surface area (Å²) in [4.78, 5) is 0. The first-order valence-corrected chi connectivity index (χ1v) is 9.03. The predicted molar refractivity (Wildman–Crippen MR) is 86.9 cm³/mol. The highest BCUT2D eigenvalue weighted by Crippen LogP contribution is 2.59. The van der Waals surface area contributed by atoms with Gasteiger partial charge in [0.25, 0.3) is 0 Å². The van der Waals surface area contributed by atoms with E-state index in [2.05, 4.69) is 33.8 Å². The first-order valence-electron chi connectivity index (χ1n) is 9.03. The van der Waals surface area contributed by atoms with Gasteiger partial charge < -0.3 is 15.3 Å². The van der Waals surface area contributed by atoms with E-state index in [1.165, 1.54) is 12.8 Å². The lowest BCUT2D eigenvalue weighted by atomic mass is 9.49. The van der Waals surface area contributed by atoms with Gasteiger partial charge >= 0.3 is 0 Å². The fraction of sp³-hybridized carbons (Fsp3) is 0.895. The lowest BCUT2D eigenvalue weighted by Gasteiger charge is -2.57. The van der Waals surface area contributed by atoms with Crippen molar-refractivity contribution in [3.05, 3.63) is 11.6 Å². The molecule has 0 radical (unpaired) electrons. The molecule has 3 heteroatoms. The minimum absolute atomic E-state index is 0.0893. The Hall–Kier alpha value is -0.380. The first-order chi connectivity index (χ1) is 10.2. The highest BCUT2D eigenvalue weighted by atomic mass is 16.5. The van der Waals surface area contributed by atoms with E-state index in [4.69, 9.17) is 0 Å². The molecule has 0 bridgehead atoms. The van der Waals surface area contributed by atoms with Crippen molar-refractivity contribution in [2.75, 3.05) is 0 Å². The Labute approximate surface area is 134 Å². The molecule has 22 heavy (non-hydrogen) atoms. The van der Waals surface area contributed by atoms with Gasteiger partial charge in [-0.15, -0.1) is 0 Å². The number of rotatable bonds is 1. The number of hydrogen-bond acceptors (Lipinski definition) is 3. The van der Waals surface area contributed by atoms with Gasteiger partial charge in [-0.1, -0.05) is 45.8 Å². The Morgan fingerprint density at radius 1 is 1.27 bits per heavy atom. The molecule has 0 aromatic carbocycles. The summed E-state index contributed by atoms with van der Waals surface area (Å²) in [6, 6.07) is 0. The molecule has 3 aliphatic rings. The zero-order chi connectivity index (χ0) is 16.3. The van der Waals surface area contributed by atoms with Crippen LogP contribution in [0.15, 0.2) is 11.6 Å². The summed E-state index contributed by atoms with van der Waals surface area (Å²) >= 11 is 0.